The van der Waals surface area contributed by atoms with Crippen molar-refractivity contribution in [2.45, 2.75) is 12.8 Å². The van der Waals surface area contributed by atoms with Crippen LogP contribution in [-0.4, -0.2) is 28.5 Å². The van der Waals surface area contributed by atoms with Gasteiger partial charge in [0.05, 0.1) is 16.7 Å². The van der Waals surface area contributed by atoms with Gasteiger partial charge in [0.2, 0.25) is 0 Å². The van der Waals surface area contributed by atoms with E-state index in [0.29, 0.717) is 0 Å². The van der Waals surface area contributed by atoms with Gasteiger partial charge in [0.25, 0.3) is 0 Å². The third-order valence-electron chi connectivity index (χ3n) is 2.69. The summed E-state index contributed by atoms with van der Waals surface area (Å²) in [5.41, 5.74) is 2.49. The van der Waals surface area contributed by atoms with Crippen molar-refractivity contribution in [1.29, 1.82) is 0 Å². The number of nitrogens with one attached hydrogen (secondary N) is 3. The van der Waals surface area contributed by atoms with Crippen molar-refractivity contribution in [2.24, 2.45) is 0 Å². The molecule has 6 heteroatoms. The van der Waals surface area contributed by atoms with Gasteiger partial charge in [0.15, 0.2) is 0 Å². The van der Waals surface area contributed by atoms with Crippen molar-refractivity contribution in [3.63, 3.8) is 0 Å². The van der Waals surface area contributed by atoms with E-state index in [-0.39, 0.29) is 5.69 Å². The molecule has 4 nitrogen and oxygen atoms in total. The molecule has 0 aliphatic carbocycles. The van der Waals surface area contributed by atoms with Crippen molar-refractivity contribution in [1.82, 2.24) is 9.97 Å². The molecule has 0 atom stereocenters. The van der Waals surface area contributed by atoms with Crippen LogP contribution in [0, 0.1) is 0 Å². The first-order valence-electron chi connectivity index (χ1n) is 5.85. The Hall–Kier alpha value is -0.880. The van der Waals surface area contributed by atoms with Crippen LogP contribution in [-0.2, 0) is 0 Å². The Balaban J connectivity index is 2.03. The second kappa shape index (κ2) is 6.33. The molecule has 2 aromatic rings. The van der Waals surface area contributed by atoms with Gasteiger partial charge >= 0.3 is 5.69 Å². The molecule has 0 saturated carbocycles. The molecular weight excluding hydrogens is 314 g/mol. The zero-order valence-corrected chi connectivity index (χ0v) is 12.6. The summed E-state index contributed by atoms with van der Waals surface area (Å²) in [6.07, 6.45) is 4.49. The molecule has 1 aromatic carbocycles. The summed E-state index contributed by atoms with van der Waals surface area (Å²) in [6.45, 7) is 0.944. The quantitative estimate of drug-likeness (QED) is 0.713. The molecule has 0 unspecified atom stereocenters. The molecule has 0 aliphatic heterocycles. The highest BCUT2D eigenvalue weighted by Gasteiger charge is 2.04. The highest BCUT2D eigenvalue weighted by Crippen LogP contribution is 2.26. The van der Waals surface area contributed by atoms with Crippen LogP contribution in [0.5, 0.6) is 0 Å². The van der Waals surface area contributed by atoms with Gasteiger partial charge in [-0.15, -0.1) is 0 Å². The summed E-state index contributed by atoms with van der Waals surface area (Å²) >= 11 is 5.38. The standard InChI is InChI=1S/C12H16BrN3OS/c1-18-5-3-2-4-14-9-7-11-10(6-8(9)13)15-12(17)16-11/h6-7,14H,2-5H2,1H3,(H2,15,16,17). The largest absolute Gasteiger partial charge is 0.384 e. The predicted octanol–water partition coefficient (Wildman–Crippen LogP) is 3.17. The van der Waals surface area contributed by atoms with Crippen LogP contribution < -0.4 is 11.0 Å². The molecule has 2 rings (SSSR count). The number of unbranched alkanes of at least 4 members (excludes halogenated alkanes) is 1. The summed E-state index contributed by atoms with van der Waals surface area (Å²) in [7, 11) is 0. The van der Waals surface area contributed by atoms with Gasteiger partial charge in [-0.3, -0.25) is 0 Å². The highest BCUT2D eigenvalue weighted by atomic mass is 79.9. The number of fused-ring (bicyclic) bond motifs is 1. The fourth-order valence-corrected chi connectivity index (χ4v) is 2.76. The lowest BCUT2D eigenvalue weighted by Gasteiger charge is -2.08. The van der Waals surface area contributed by atoms with E-state index < -0.39 is 0 Å². The fourth-order valence-electron chi connectivity index (χ4n) is 1.79. The number of rotatable bonds is 6. The van der Waals surface area contributed by atoms with Gasteiger partial charge in [-0.1, -0.05) is 0 Å². The van der Waals surface area contributed by atoms with E-state index in [1.54, 1.807) is 0 Å². The molecule has 18 heavy (non-hydrogen) atoms. The Kier molecular flexibility index (Phi) is 4.77. The molecule has 0 amide bonds. The molecular formula is C12H16BrN3OS. The van der Waals surface area contributed by atoms with E-state index >= 15 is 0 Å². The molecule has 3 N–H and O–H groups in total. The first kappa shape index (κ1) is 13.5. The van der Waals surface area contributed by atoms with Gasteiger partial charge in [-0.05, 0) is 52.9 Å². The minimum Gasteiger partial charge on any atom is -0.384 e. The predicted molar refractivity (Wildman–Crippen MR) is 82.7 cm³/mol. The summed E-state index contributed by atoms with van der Waals surface area (Å²) in [4.78, 5) is 16.7. The van der Waals surface area contributed by atoms with Crippen LogP contribution >= 0.6 is 27.7 Å². The van der Waals surface area contributed by atoms with E-state index in [0.717, 1.165) is 34.2 Å². The maximum atomic E-state index is 11.2. The average molecular weight is 330 g/mol. The van der Waals surface area contributed by atoms with E-state index in [1.807, 2.05) is 23.9 Å². The number of imidazole rings is 1. The van der Waals surface area contributed by atoms with E-state index in [2.05, 4.69) is 37.5 Å². The van der Waals surface area contributed by atoms with Crippen LogP contribution in [0.1, 0.15) is 12.8 Å². The Bertz CT molecular complexity index is 578. The number of hydrogen-bond donors (Lipinski definition) is 3. The topological polar surface area (TPSA) is 60.7 Å². The maximum Gasteiger partial charge on any atom is 0.323 e. The summed E-state index contributed by atoms with van der Waals surface area (Å²) in [5.74, 6) is 1.20. The first-order chi connectivity index (χ1) is 8.70. The summed E-state index contributed by atoms with van der Waals surface area (Å²) in [5, 5.41) is 3.38. The Morgan fingerprint density at radius 3 is 2.72 bits per heavy atom. The first-order valence-corrected chi connectivity index (χ1v) is 8.04. The second-order valence-corrected chi connectivity index (χ2v) is 5.92. The molecule has 1 aromatic heterocycles. The summed E-state index contributed by atoms with van der Waals surface area (Å²) in [6, 6.07) is 3.86. The normalized spacial score (nSPS) is 11.0. The molecule has 0 radical (unpaired) electrons. The third-order valence-corrected chi connectivity index (χ3v) is 4.05. The lowest BCUT2D eigenvalue weighted by atomic mass is 10.2. The number of halogens is 1. The van der Waals surface area contributed by atoms with Crippen molar-refractivity contribution in [3.05, 3.63) is 27.1 Å². The zero-order chi connectivity index (χ0) is 13.0. The lowest BCUT2D eigenvalue weighted by Crippen LogP contribution is -2.02. The maximum absolute atomic E-state index is 11.2. The molecule has 0 fully saturated rings. The van der Waals surface area contributed by atoms with Crippen LogP contribution in [0.25, 0.3) is 11.0 Å². The van der Waals surface area contributed by atoms with E-state index in [1.165, 1.54) is 12.2 Å². The SMILES string of the molecule is CSCCCCNc1cc2[nH]c(=O)[nH]c2cc1Br. The molecule has 0 spiro atoms. The second-order valence-electron chi connectivity index (χ2n) is 4.08. The minimum absolute atomic E-state index is 0.172. The number of hydrogen-bond acceptors (Lipinski definition) is 3. The smallest absolute Gasteiger partial charge is 0.323 e. The number of aromatic amines is 2. The van der Waals surface area contributed by atoms with Gasteiger partial charge in [0, 0.05) is 11.0 Å². The third kappa shape index (κ3) is 3.32. The Morgan fingerprint density at radius 1 is 1.28 bits per heavy atom. The number of anilines is 1. The molecule has 0 aliphatic rings. The van der Waals surface area contributed by atoms with E-state index in [9.17, 15) is 4.79 Å². The number of aromatic nitrogens is 2. The summed E-state index contributed by atoms with van der Waals surface area (Å²) < 4.78 is 0.968. The molecule has 0 saturated heterocycles. The van der Waals surface area contributed by atoms with Gasteiger partial charge in [0.1, 0.15) is 0 Å². The zero-order valence-electron chi connectivity index (χ0n) is 10.2. The Labute approximate surface area is 118 Å². The number of H-pyrrole nitrogens is 2. The van der Waals surface area contributed by atoms with E-state index in [4.69, 9.17) is 0 Å². The molecule has 1 heterocycles. The number of benzene rings is 1. The van der Waals surface area contributed by atoms with Crippen LogP contribution in [0.15, 0.2) is 21.4 Å². The van der Waals surface area contributed by atoms with Gasteiger partial charge < -0.3 is 15.3 Å². The van der Waals surface area contributed by atoms with Crippen LogP contribution in [0.2, 0.25) is 0 Å². The minimum atomic E-state index is -0.172. The highest BCUT2D eigenvalue weighted by molar-refractivity contribution is 9.10. The van der Waals surface area contributed by atoms with Crippen molar-refractivity contribution in [3.8, 4) is 0 Å². The monoisotopic (exact) mass is 329 g/mol. The Morgan fingerprint density at radius 2 is 2.00 bits per heavy atom. The average Bonchev–Trinajstić information content (AvgIpc) is 2.68. The van der Waals surface area contributed by atoms with Gasteiger partial charge in [-0.2, -0.15) is 11.8 Å². The van der Waals surface area contributed by atoms with Crippen molar-refractivity contribution >= 4 is 44.4 Å². The van der Waals surface area contributed by atoms with Gasteiger partial charge in [-0.25, -0.2) is 4.79 Å². The fraction of sp³-hybridized carbons (Fsp3) is 0.417. The van der Waals surface area contributed by atoms with Crippen LogP contribution in [0.4, 0.5) is 5.69 Å². The molecule has 0 bridgehead atoms. The molecule has 98 valence electrons. The van der Waals surface area contributed by atoms with Crippen molar-refractivity contribution in [2.75, 3.05) is 23.9 Å². The van der Waals surface area contributed by atoms with Crippen molar-refractivity contribution < 1.29 is 0 Å². The lowest BCUT2D eigenvalue weighted by molar-refractivity contribution is 0.843. The van der Waals surface area contributed by atoms with Crippen LogP contribution in [0.3, 0.4) is 0 Å². The number of thioether (sulfide) groups is 1.